The normalized spacial score (nSPS) is 33.5. The quantitative estimate of drug-likeness (QED) is 0.372. The Morgan fingerprint density at radius 2 is 1.91 bits per heavy atom. The fourth-order valence-electron chi connectivity index (χ4n) is 5.85. The van der Waals surface area contributed by atoms with E-state index in [2.05, 4.69) is 0 Å². The number of aromatic hydroxyl groups is 1. The van der Waals surface area contributed by atoms with Gasteiger partial charge in [0.25, 0.3) is 5.91 Å². The van der Waals surface area contributed by atoms with Gasteiger partial charge in [0.2, 0.25) is 0 Å². The molecule has 3 aliphatic carbocycles. The zero-order chi connectivity index (χ0) is 24.6. The van der Waals surface area contributed by atoms with Crippen LogP contribution in [0.5, 0.6) is 11.5 Å². The van der Waals surface area contributed by atoms with E-state index in [1.54, 1.807) is 14.1 Å². The highest BCUT2D eigenvalue weighted by molar-refractivity contribution is 6.33. The number of amides is 1. The molecule has 11 heteroatoms. The Morgan fingerprint density at radius 3 is 2.45 bits per heavy atom. The van der Waals surface area contributed by atoms with Gasteiger partial charge < -0.3 is 30.9 Å². The number of halogens is 1. The Kier molecular flexibility index (Phi) is 5.48. The van der Waals surface area contributed by atoms with Crippen LogP contribution >= 0.6 is 11.6 Å². The van der Waals surface area contributed by atoms with Crippen LogP contribution in [0.2, 0.25) is 5.02 Å². The summed E-state index contributed by atoms with van der Waals surface area (Å²) in [5, 5.41) is 44.3. The monoisotopic (exact) mass is 480 g/mol. The summed E-state index contributed by atoms with van der Waals surface area (Å²) in [6.07, 6.45) is -1.69. The van der Waals surface area contributed by atoms with E-state index in [1.165, 1.54) is 18.1 Å². The molecule has 1 amide bonds. The first kappa shape index (κ1) is 23.5. The number of nitrogens with zero attached hydrogens (tertiary/aromatic N) is 1. The minimum absolute atomic E-state index is 0.0440. The molecule has 0 saturated heterocycles. The molecule has 10 nitrogen and oxygen atoms in total. The molecule has 0 aromatic heterocycles. The van der Waals surface area contributed by atoms with E-state index in [0.29, 0.717) is 5.56 Å². The van der Waals surface area contributed by atoms with Gasteiger partial charge in [-0.05, 0) is 38.4 Å². The summed E-state index contributed by atoms with van der Waals surface area (Å²) < 4.78 is 5.17. The molecular formula is C22H25ClN2O8. The summed E-state index contributed by atoms with van der Waals surface area (Å²) in [6.45, 7) is 0. The topological polar surface area (TPSA) is 171 Å². The highest BCUT2D eigenvalue weighted by Gasteiger charge is 2.66. The highest BCUT2D eigenvalue weighted by Crippen LogP contribution is 2.55. The molecule has 0 heterocycles. The lowest BCUT2D eigenvalue weighted by molar-refractivity contribution is -0.183. The zero-order valence-corrected chi connectivity index (χ0v) is 19.0. The van der Waals surface area contributed by atoms with Gasteiger partial charge in [-0.2, -0.15) is 0 Å². The van der Waals surface area contributed by atoms with E-state index in [9.17, 15) is 34.8 Å². The lowest BCUT2D eigenvalue weighted by Crippen LogP contribution is -2.69. The molecule has 3 aliphatic rings. The Morgan fingerprint density at radius 1 is 1.27 bits per heavy atom. The molecule has 0 radical (unpaired) electrons. The zero-order valence-electron chi connectivity index (χ0n) is 18.2. The van der Waals surface area contributed by atoms with E-state index in [-0.39, 0.29) is 29.2 Å². The number of ketones is 2. The van der Waals surface area contributed by atoms with Crippen molar-refractivity contribution in [2.45, 2.75) is 30.6 Å². The van der Waals surface area contributed by atoms with Crippen LogP contribution in [-0.2, 0) is 16.0 Å². The number of hydrogen-bond acceptors (Lipinski definition) is 9. The van der Waals surface area contributed by atoms with Gasteiger partial charge in [0.1, 0.15) is 28.9 Å². The van der Waals surface area contributed by atoms with E-state index in [0.717, 1.165) is 0 Å². The Labute approximate surface area is 194 Å². The Balaban J connectivity index is 1.91. The second-order valence-electron chi connectivity index (χ2n) is 9.09. The highest BCUT2D eigenvalue weighted by atomic mass is 35.5. The summed E-state index contributed by atoms with van der Waals surface area (Å²) in [5.74, 6) is -6.80. The number of methoxy groups -OCH3 is 1. The van der Waals surface area contributed by atoms with Crippen molar-refractivity contribution in [3.05, 3.63) is 33.5 Å². The molecule has 0 spiro atoms. The minimum atomic E-state index is -2.48. The van der Waals surface area contributed by atoms with Crippen LogP contribution in [0.3, 0.4) is 0 Å². The first-order valence-electron chi connectivity index (χ1n) is 10.3. The molecule has 4 rings (SSSR count). The first-order chi connectivity index (χ1) is 15.4. The average Bonchev–Trinajstić information content (AvgIpc) is 2.72. The van der Waals surface area contributed by atoms with Gasteiger partial charge >= 0.3 is 0 Å². The van der Waals surface area contributed by atoms with Gasteiger partial charge in [-0.25, -0.2) is 0 Å². The number of Topliss-reactive ketones (excluding diaryl/α,β-unsaturated/α-hetero) is 2. The number of fused-ring (bicyclic) bond motifs is 3. The Hall–Kier alpha value is -2.66. The second-order valence-corrected chi connectivity index (χ2v) is 9.47. The van der Waals surface area contributed by atoms with Crippen molar-refractivity contribution in [3.8, 4) is 11.5 Å². The Bertz CT molecular complexity index is 1120. The number of aliphatic hydroxyl groups is 3. The van der Waals surface area contributed by atoms with E-state index in [4.69, 9.17) is 22.1 Å². The van der Waals surface area contributed by atoms with Crippen LogP contribution in [0.1, 0.15) is 22.3 Å². The number of likely N-dealkylation sites (N-methyl/N-ethyl adjacent to an activating group) is 1. The number of primary amides is 1. The average molecular weight is 481 g/mol. The van der Waals surface area contributed by atoms with Crippen LogP contribution in [0, 0.1) is 17.8 Å². The van der Waals surface area contributed by atoms with Gasteiger partial charge in [-0.3, -0.25) is 19.3 Å². The fourth-order valence-corrected chi connectivity index (χ4v) is 6.16. The van der Waals surface area contributed by atoms with Gasteiger partial charge in [-0.1, -0.05) is 11.6 Å². The third-order valence-electron chi connectivity index (χ3n) is 7.28. The fraction of sp³-hybridized carbons (Fsp3) is 0.500. The van der Waals surface area contributed by atoms with Gasteiger partial charge in [-0.15, -0.1) is 0 Å². The molecule has 0 bridgehead atoms. The third kappa shape index (κ3) is 3.01. The van der Waals surface area contributed by atoms with Crippen LogP contribution in [0.25, 0.3) is 0 Å². The van der Waals surface area contributed by atoms with E-state index in [1.807, 2.05) is 0 Å². The summed E-state index contributed by atoms with van der Waals surface area (Å²) >= 11 is 6.41. The lowest BCUT2D eigenvalue weighted by atomic mass is 9.54. The maximum Gasteiger partial charge on any atom is 0.255 e. The van der Waals surface area contributed by atoms with Crippen molar-refractivity contribution in [1.29, 1.82) is 0 Å². The predicted molar refractivity (Wildman–Crippen MR) is 115 cm³/mol. The SMILES string of the molecule is COc1cc(O)c2c(c1Cl)CC1CC3[C@H](N(C)C)C(=O)C(C(N)=O)=C(O)[C@@]3(O)C(O)C1C2=O. The smallest absolute Gasteiger partial charge is 0.255 e. The molecule has 1 aromatic carbocycles. The molecule has 6 atom stereocenters. The summed E-state index contributed by atoms with van der Waals surface area (Å²) in [4.78, 5) is 39.9. The number of nitrogens with two attached hydrogens (primary N) is 1. The number of benzene rings is 1. The molecule has 1 aromatic rings. The largest absolute Gasteiger partial charge is 0.508 e. The van der Waals surface area contributed by atoms with Crippen LogP contribution < -0.4 is 10.5 Å². The number of phenols is 1. The van der Waals surface area contributed by atoms with E-state index >= 15 is 0 Å². The number of carbonyl (C=O) groups is 3. The summed E-state index contributed by atoms with van der Waals surface area (Å²) in [7, 11) is 4.48. The number of phenolic OH excluding ortho intramolecular Hbond substituents is 1. The number of rotatable bonds is 3. The molecule has 0 aliphatic heterocycles. The maximum atomic E-state index is 13.5. The van der Waals surface area contributed by atoms with E-state index < -0.39 is 70.1 Å². The molecule has 1 fully saturated rings. The van der Waals surface area contributed by atoms with Crippen molar-refractivity contribution < 1.29 is 39.5 Å². The molecular weight excluding hydrogens is 456 g/mol. The van der Waals surface area contributed by atoms with Crippen molar-refractivity contribution in [2.24, 2.45) is 23.5 Å². The first-order valence-corrected chi connectivity index (χ1v) is 10.7. The van der Waals surface area contributed by atoms with Crippen molar-refractivity contribution in [3.63, 3.8) is 0 Å². The number of carbonyl (C=O) groups excluding carboxylic acids is 3. The van der Waals surface area contributed by atoms with Crippen molar-refractivity contribution in [1.82, 2.24) is 4.90 Å². The molecule has 33 heavy (non-hydrogen) atoms. The van der Waals surface area contributed by atoms with Crippen LogP contribution in [0.15, 0.2) is 17.4 Å². The maximum absolute atomic E-state index is 13.5. The third-order valence-corrected chi connectivity index (χ3v) is 7.69. The predicted octanol–water partition coefficient (Wildman–Crippen LogP) is -0.0524. The molecule has 1 saturated carbocycles. The second kappa shape index (κ2) is 7.69. The van der Waals surface area contributed by atoms with Crippen LogP contribution in [-0.4, -0.2) is 81.8 Å². The number of hydrogen-bond donors (Lipinski definition) is 5. The van der Waals surface area contributed by atoms with Gasteiger partial charge in [0, 0.05) is 12.0 Å². The number of aliphatic hydroxyl groups excluding tert-OH is 2. The van der Waals surface area contributed by atoms with Crippen molar-refractivity contribution in [2.75, 3.05) is 21.2 Å². The summed E-state index contributed by atoms with van der Waals surface area (Å²) in [5.41, 5.74) is 2.27. The molecule has 4 unspecified atom stereocenters. The van der Waals surface area contributed by atoms with Crippen LogP contribution in [0.4, 0.5) is 0 Å². The number of ether oxygens (including phenoxy) is 1. The van der Waals surface area contributed by atoms with Gasteiger partial charge in [0.15, 0.2) is 17.2 Å². The lowest BCUT2D eigenvalue weighted by Gasteiger charge is -2.55. The minimum Gasteiger partial charge on any atom is -0.508 e. The van der Waals surface area contributed by atoms with Gasteiger partial charge in [0.05, 0.1) is 29.7 Å². The standard InChI is InChI=1S/C22H25ClN2O8/c1-25(2)16-9-5-7-4-8-13(10(26)6-11(33-3)15(8)23)17(27)12(7)19(29)22(9,32)20(30)14(18(16)28)21(24)31/h6-7,9,12,16,19,26,29-30,32H,4-5H2,1-3H3,(H2,24,31)/t7?,9?,12?,16-,19?,22-/m0/s1. The summed E-state index contributed by atoms with van der Waals surface area (Å²) in [6, 6.07) is 0.102. The van der Waals surface area contributed by atoms with Crippen molar-refractivity contribution >= 4 is 29.1 Å². The molecule has 6 N–H and O–H groups in total. The molecule has 178 valence electrons.